The fourth-order valence-electron chi connectivity index (χ4n) is 4.60. The predicted octanol–water partition coefficient (Wildman–Crippen LogP) is 2.16. The molecule has 10 heteroatoms. The van der Waals surface area contributed by atoms with E-state index in [1.54, 1.807) is 39.4 Å². The van der Waals surface area contributed by atoms with Gasteiger partial charge in [-0.05, 0) is 53.8 Å². The minimum Gasteiger partial charge on any atom is -0.493 e. The average Bonchev–Trinajstić information content (AvgIpc) is 3.17. The van der Waals surface area contributed by atoms with Crippen molar-refractivity contribution in [3.05, 3.63) is 47.0 Å². The Morgan fingerprint density at radius 1 is 0.917 bits per heavy atom. The van der Waals surface area contributed by atoms with Gasteiger partial charge in [0.15, 0.2) is 23.0 Å². The summed E-state index contributed by atoms with van der Waals surface area (Å²) >= 11 is 0. The van der Waals surface area contributed by atoms with E-state index in [-0.39, 0.29) is 18.9 Å². The van der Waals surface area contributed by atoms with Crippen LogP contribution in [-0.2, 0) is 29.0 Å². The quantitative estimate of drug-likeness (QED) is 0.529. The van der Waals surface area contributed by atoms with Gasteiger partial charge in [-0.25, -0.2) is 4.79 Å². The molecule has 192 valence electrons. The molecule has 1 atom stereocenters. The second kappa shape index (κ2) is 10.8. The maximum Gasteiger partial charge on any atom is 0.324 e. The molecule has 0 saturated carbocycles. The second-order valence-electron chi connectivity index (χ2n) is 8.68. The number of urea groups is 1. The zero-order valence-electron chi connectivity index (χ0n) is 21.0. The molecule has 36 heavy (non-hydrogen) atoms. The van der Waals surface area contributed by atoms with Gasteiger partial charge in [-0.1, -0.05) is 6.07 Å². The first-order valence-electron chi connectivity index (χ1n) is 11.7. The molecule has 1 saturated heterocycles. The molecule has 2 aliphatic heterocycles. The van der Waals surface area contributed by atoms with Gasteiger partial charge in [-0.15, -0.1) is 0 Å². The lowest BCUT2D eigenvalue weighted by Gasteiger charge is -2.30. The number of carbonyl (C=O) groups excluding carboxylic acids is 3. The van der Waals surface area contributed by atoms with Gasteiger partial charge in [0, 0.05) is 19.6 Å². The Hall–Kier alpha value is -3.95. The molecule has 4 rings (SSSR count). The predicted molar refractivity (Wildman–Crippen MR) is 131 cm³/mol. The van der Waals surface area contributed by atoms with Crippen LogP contribution in [0.2, 0.25) is 0 Å². The fraction of sp³-hybridized carbons (Fsp3) is 0.423. The normalized spacial score (nSPS) is 16.9. The van der Waals surface area contributed by atoms with E-state index in [1.807, 2.05) is 24.3 Å². The van der Waals surface area contributed by atoms with Crippen LogP contribution >= 0.6 is 0 Å². The van der Waals surface area contributed by atoms with Crippen molar-refractivity contribution in [1.29, 1.82) is 0 Å². The van der Waals surface area contributed by atoms with Crippen molar-refractivity contribution >= 4 is 17.8 Å². The first kappa shape index (κ1) is 25.2. The van der Waals surface area contributed by atoms with Crippen molar-refractivity contribution in [2.24, 2.45) is 0 Å². The minimum atomic E-state index is -0.873. The molecular formula is C26H31N3O7. The second-order valence-corrected chi connectivity index (χ2v) is 8.68. The number of hydrogen-bond donors (Lipinski definition) is 1. The molecule has 1 N–H and O–H groups in total. The molecule has 0 radical (unpaired) electrons. The Morgan fingerprint density at radius 2 is 1.56 bits per heavy atom. The number of methoxy groups -OCH3 is 4. The summed E-state index contributed by atoms with van der Waals surface area (Å²) in [6.45, 7) is 1.13. The van der Waals surface area contributed by atoms with Crippen LogP contribution in [0, 0.1) is 0 Å². The van der Waals surface area contributed by atoms with E-state index in [4.69, 9.17) is 18.9 Å². The lowest BCUT2D eigenvalue weighted by Crippen LogP contribution is -2.41. The topological polar surface area (TPSA) is 107 Å². The third-order valence-electron chi connectivity index (χ3n) is 6.63. The van der Waals surface area contributed by atoms with Crippen LogP contribution in [0.15, 0.2) is 30.3 Å². The molecule has 2 aromatic carbocycles. The van der Waals surface area contributed by atoms with Crippen LogP contribution in [-0.4, -0.2) is 75.2 Å². The number of ether oxygens (including phenoxy) is 4. The lowest BCUT2D eigenvalue weighted by molar-refractivity contribution is -0.136. The van der Waals surface area contributed by atoms with E-state index < -0.39 is 18.0 Å². The molecule has 0 aliphatic carbocycles. The minimum absolute atomic E-state index is 0.0833. The summed E-state index contributed by atoms with van der Waals surface area (Å²) in [5.41, 5.74) is 2.97. The molecule has 1 fully saturated rings. The summed E-state index contributed by atoms with van der Waals surface area (Å²) in [4.78, 5) is 41.3. The van der Waals surface area contributed by atoms with Crippen molar-refractivity contribution in [1.82, 2.24) is 15.1 Å². The van der Waals surface area contributed by atoms with Crippen LogP contribution in [0.4, 0.5) is 4.79 Å². The lowest BCUT2D eigenvalue weighted by atomic mass is 9.98. The summed E-state index contributed by atoms with van der Waals surface area (Å²) in [5.74, 6) is 1.87. The van der Waals surface area contributed by atoms with Gasteiger partial charge >= 0.3 is 6.03 Å². The maximum absolute atomic E-state index is 13.0. The van der Waals surface area contributed by atoms with E-state index in [2.05, 4.69) is 5.32 Å². The van der Waals surface area contributed by atoms with E-state index in [9.17, 15) is 14.4 Å². The molecular weight excluding hydrogens is 466 g/mol. The van der Waals surface area contributed by atoms with Gasteiger partial charge in [-0.3, -0.25) is 14.5 Å². The monoisotopic (exact) mass is 497 g/mol. The van der Waals surface area contributed by atoms with E-state index in [0.29, 0.717) is 48.9 Å². The van der Waals surface area contributed by atoms with Crippen LogP contribution in [0.5, 0.6) is 23.0 Å². The third kappa shape index (κ3) is 5.02. The molecule has 2 heterocycles. The van der Waals surface area contributed by atoms with Gasteiger partial charge in [0.25, 0.3) is 5.91 Å². The van der Waals surface area contributed by atoms with Gasteiger partial charge in [-0.2, -0.15) is 0 Å². The zero-order valence-corrected chi connectivity index (χ0v) is 21.0. The van der Waals surface area contributed by atoms with E-state index in [1.165, 1.54) is 0 Å². The Balaban J connectivity index is 1.36. The third-order valence-corrected chi connectivity index (χ3v) is 6.63. The largest absolute Gasteiger partial charge is 0.493 e. The zero-order chi connectivity index (χ0) is 25.8. The standard InChI is InChI=1S/C26H31N3O7/c1-33-20-6-5-16(11-21(20)34-2)7-10-29-25(31)19(27-26(29)32)14-24(30)28-9-8-17-12-22(35-3)23(36-4)13-18(17)15-28/h5-6,11-13,19H,7-10,14-15H2,1-4H3,(H,27,32)/t19-/m1/s1. The van der Waals surface area contributed by atoms with Gasteiger partial charge in [0.1, 0.15) is 6.04 Å². The molecule has 0 bridgehead atoms. The number of benzene rings is 2. The highest BCUT2D eigenvalue weighted by Gasteiger charge is 2.39. The Kier molecular flexibility index (Phi) is 7.52. The number of amides is 4. The number of carbonyl (C=O) groups is 3. The van der Waals surface area contributed by atoms with Crippen molar-refractivity contribution in [3.8, 4) is 23.0 Å². The summed E-state index contributed by atoms with van der Waals surface area (Å²) in [6, 6.07) is 7.92. The smallest absolute Gasteiger partial charge is 0.324 e. The van der Waals surface area contributed by atoms with Gasteiger partial charge < -0.3 is 29.2 Å². The molecule has 0 spiro atoms. The number of nitrogens with zero attached hydrogens (tertiary/aromatic N) is 2. The van der Waals surface area contributed by atoms with Crippen LogP contribution in [0.3, 0.4) is 0 Å². The molecule has 2 aliphatic rings. The molecule has 4 amide bonds. The van der Waals surface area contributed by atoms with Crippen molar-refractivity contribution < 1.29 is 33.3 Å². The summed E-state index contributed by atoms with van der Waals surface area (Å²) in [5, 5.41) is 2.66. The first-order valence-corrected chi connectivity index (χ1v) is 11.7. The van der Waals surface area contributed by atoms with E-state index in [0.717, 1.165) is 21.6 Å². The van der Waals surface area contributed by atoms with Gasteiger partial charge in [0.2, 0.25) is 5.91 Å². The van der Waals surface area contributed by atoms with Crippen molar-refractivity contribution in [2.75, 3.05) is 41.5 Å². The highest BCUT2D eigenvalue weighted by Crippen LogP contribution is 2.33. The number of rotatable bonds is 9. The number of nitrogens with one attached hydrogen (secondary N) is 1. The maximum atomic E-state index is 13.0. The average molecular weight is 498 g/mol. The van der Waals surface area contributed by atoms with Crippen LogP contribution in [0.1, 0.15) is 23.1 Å². The highest BCUT2D eigenvalue weighted by atomic mass is 16.5. The molecule has 10 nitrogen and oxygen atoms in total. The highest BCUT2D eigenvalue weighted by molar-refractivity contribution is 6.05. The summed E-state index contributed by atoms with van der Waals surface area (Å²) in [7, 11) is 6.27. The Labute approximate surface area is 210 Å². The molecule has 0 aromatic heterocycles. The van der Waals surface area contributed by atoms with Crippen LogP contribution < -0.4 is 24.3 Å². The van der Waals surface area contributed by atoms with Crippen LogP contribution in [0.25, 0.3) is 0 Å². The first-order chi connectivity index (χ1) is 17.4. The SMILES string of the molecule is COc1ccc(CCN2C(=O)N[C@H](CC(=O)N3CCc4cc(OC)c(OC)cc4C3)C2=O)cc1OC. The van der Waals surface area contributed by atoms with Crippen molar-refractivity contribution in [3.63, 3.8) is 0 Å². The number of imide groups is 1. The van der Waals surface area contributed by atoms with Gasteiger partial charge in [0.05, 0.1) is 34.9 Å². The Bertz CT molecular complexity index is 1170. The molecule has 0 unspecified atom stereocenters. The summed E-state index contributed by atoms with van der Waals surface area (Å²) in [6.07, 6.45) is 1.04. The Morgan fingerprint density at radius 3 is 2.22 bits per heavy atom. The van der Waals surface area contributed by atoms with Crippen molar-refractivity contribution in [2.45, 2.75) is 31.8 Å². The number of hydrogen-bond acceptors (Lipinski definition) is 7. The van der Waals surface area contributed by atoms with E-state index >= 15 is 0 Å². The fourth-order valence-corrected chi connectivity index (χ4v) is 4.60. The molecule has 2 aromatic rings. The summed E-state index contributed by atoms with van der Waals surface area (Å²) < 4.78 is 21.3. The number of fused-ring (bicyclic) bond motifs is 1.